The van der Waals surface area contributed by atoms with Crippen LogP contribution in [0.1, 0.15) is 10.4 Å². The van der Waals surface area contributed by atoms with Gasteiger partial charge in [-0.3, -0.25) is 9.78 Å². The Morgan fingerprint density at radius 2 is 1.73 bits per heavy atom. The van der Waals surface area contributed by atoms with E-state index in [1.807, 2.05) is 36.4 Å². The van der Waals surface area contributed by atoms with E-state index in [2.05, 4.69) is 15.0 Å². The summed E-state index contributed by atoms with van der Waals surface area (Å²) in [7, 11) is 0. The van der Waals surface area contributed by atoms with Crippen molar-refractivity contribution in [2.75, 3.05) is 0 Å². The maximum absolute atomic E-state index is 11.2. The van der Waals surface area contributed by atoms with Gasteiger partial charge in [0.2, 0.25) is 11.8 Å². The number of hydrogen-bond acceptors (Lipinski definition) is 5. The molecule has 0 atom stereocenters. The average Bonchev–Trinajstić information content (AvgIpc) is 2.69. The third-order valence-corrected chi connectivity index (χ3v) is 3.84. The van der Waals surface area contributed by atoms with Crippen molar-refractivity contribution >= 4 is 16.8 Å². The van der Waals surface area contributed by atoms with Crippen molar-refractivity contribution in [1.29, 1.82) is 0 Å². The van der Waals surface area contributed by atoms with E-state index in [0.29, 0.717) is 23.0 Å². The molecule has 2 heterocycles. The van der Waals surface area contributed by atoms with Crippen LogP contribution in [0.15, 0.2) is 73.1 Å². The maximum Gasteiger partial charge on any atom is 0.248 e. The largest absolute Gasteiger partial charge is 0.438 e. The van der Waals surface area contributed by atoms with Crippen LogP contribution in [0.2, 0.25) is 0 Å². The number of para-hydroxylation sites is 1. The van der Waals surface area contributed by atoms with Gasteiger partial charge in [0.1, 0.15) is 5.75 Å². The first-order valence-corrected chi connectivity index (χ1v) is 7.95. The van der Waals surface area contributed by atoms with Gasteiger partial charge in [0, 0.05) is 23.5 Å². The van der Waals surface area contributed by atoms with Gasteiger partial charge < -0.3 is 10.5 Å². The highest BCUT2D eigenvalue weighted by Crippen LogP contribution is 2.29. The minimum absolute atomic E-state index is 0.418. The number of aromatic nitrogens is 3. The highest BCUT2D eigenvalue weighted by Gasteiger charge is 2.11. The summed E-state index contributed by atoms with van der Waals surface area (Å²) in [5, 5.41) is 0.791. The molecule has 0 aliphatic rings. The molecule has 0 radical (unpaired) electrons. The summed E-state index contributed by atoms with van der Waals surface area (Å²) in [4.78, 5) is 24.5. The molecule has 4 aromatic rings. The lowest BCUT2D eigenvalue weighted by atomic mass is 10.2. The third kappa shape index (κ3) is 3.08. The number of benzene rings is 2. The second kappa shape index (κ2) is 6.60. The summed E-state index contributed by atoms with van der Waals surface area (Å²) in [6, 6.07) is 17.9. The van der Waals surface area contributed by atoms with Gasteiger partial charge in [-0.25, -0.2) is 4.98 Å². The number of fused-ring (bicyclic) bond motifs is 1. The minimum Gasteiger partial charge on any atom is -0.438 e. The summed E-state index contributed by atoms with van der Waals surface area (Å²) in [6.07, 6.45) is 3.40. The number of pyridine rings is 1. The van der Waals surface area contributed by atoms with Crippen LogP contribution in [0.5, 0.6) is 11.6 Å². The van der Waals surface area contributed by atoms with Crippen LogP contribution in [-0.2, 0) is 0 Å². The highest BCUT2D eigenvalue weighted by molar-refractivity contribution is 5.92. The SMILES string of the molecule is NC(=O)c1ccc(Oc2nc(-c3cccnc3)nc3ccccc23)cc1. The van der Waals surface area contributed by atoms with Gasteiger partial charge in [0.15, 0.2) is 5.82 Å². The molecule has 2 aromatic heterocycles. The number of amides is 1. The highest BCUT2D eigenvalue weighted by atomic mass is 16.5. The predicted octanol–water partition coefficient (Wildman–Crippen LogP) is 3.58. The van der Waals surface area contributed by atoms with Gasteiger partial charge >= 0.3 is 0 Å². The predicted molar refractivity (Wildman–Crippen MR) is 97.8 cm³/mol. The molecule has 6 nitrogen and oxygen atoms in total. The zero-order valence-corrected chi connectivity index (χ0v) is 13.7. The van der Waals surface area contributed by atoms with Gasteiger partial charge in [-0.1, -0.05) is 12.1 Å². The lowest BCUT2D eigenvalue weighted by molar-refractivity contribution is 0.100. The van der Waals surface area contributed by atoms with Crippen molar-refractivity contribution in [1.82, 2.24) is 15.0 Å². The Morgan fingerprint density at radius 3 is 2.46 bits per heavy atom. The Labute approximate surface area is 149 Å². The van der Waals surface area contributed by atoms with E-state index in [9.17, 15) is 4.79 Å². The van der Waals surface area contributed by atoms with Crippen molar-refractivity contribution in [3.05, 3.63) is 78.6 Å². The van der Waals surface area contributed by atoms with Crippen LogP contribution in [-0.4, -0.2) is 20.9 Å². The standard InChI is InChI=1S/C20H14N4O2/c21-18(25)13-7-9-15(10-8-13)26-20-16-5-1-2-6-17(16)23-19(24-20)14-4-3-11-22-12-14/h1-12H,(H2,21,25). The molecule has 0 fully saturated rings. The lowest BCUT2D eigenvalue weighted by Gasteiger charge is -2.10. The number of nitrogens with two attached hydrogens (primary N) is 1. The smallest absolute Gasteiger partial charge is 0.248 e. The summed E-state index contributed by atoms with van der Waals surface area (Å²) >= 11 is 0. The van der Waals surface area contributed by atoms with Crippen LogP contribution in [0.25, 0.3) is 22.3 Å². The molecule has 0 saturated heterocycles. The van der Waals surface area contributed by atoms with Crippen LogP contribution in [0.3, 0.4) is 0 Å². The summed E-state index contributed by atoms with van der Waals surface area (Å²) < 4.78 is 5.96. The summed E-state index contributed by atoms with van der Waals surface area (Å²) in [5.74, 6) is 1.03. The van der Waals surface area contributed by atoms with Crippen LogP contribution < -0.4 is 10.5 Å². The number of carbonyl (C=O) groups is 1. The average molecular weight is 342 g/mol. The monoisotopic (exact) mass is 342 g/mol. The Bertz CT molecular complexity index is 1080. The molecule has 0 spiro atoms. The van der Waals surface area contributed by atoms with Gasteiger partial charge in [-0.15, -0.1) is 0 Å². The van der Waals surface area contributed by atoms with Crippen molar-refractivity contribution in [2.45, 2.75) is 0 Å². The Morgan fingerprint density at radius 1 is 0.923 bits per heavy atom. The van der Waals surface area contributed by atoms with Crippen LogP contribution >= 0.6 is 0 Å². The first-order chi connectivity index (χ1) is 12.7. The molecule has 26 heavy (non-hydrogen) atoms. The molecule has 0 saturated carbocycles. The minimum atomic E-state index is -0.483. The van der Waals surface area contributed by atoms with E-state index in [-0.39, 0.29) is 0 Å². The molecule has 2 aromatic carbocycles. The maximum atomic E-state index is 11.2. The van der Waals surface area contributed by atoms with Gasteiger partial charge in [0.25, 0.3) is 0 Å². The first-order valence-electron chi connectivity index (χ1n) is 7.95. The lowest BCUT2D eigenvalue weighted by Crippen LogP contribution is -2.10. The Balaban J connectivity index is 1.79. The van der Waals surface area contributed by atoms with E-state index in [1.165, 1.54) is 0 Å². The number of hydrogen-bond donors (Lipinski definition) is 1. The first kappa shape index (κ1) is 15.7. The van der Waals surface area contributed by atoms with Gasteiger partial charge in [-0.2, -0.15) is 4.98 Å². The van der Waals surface area contributed by atoms with E-state index < -0.39 is 5.91 Å². The van der Waals surface area contributed by atoms with E-state index >= 15 is 0 Å². The third-order valence-electron chi connectivity index (χ3n) is 3.84. The fourth-order valence-corrected chi connectivity index (χ4v) is 2.55. The number of nitrogens with zero attached hydrogens (tertiary/aromatic N) is 3. The molecule has 0 aliphatic carbocycles. The number of rotatable bonds is 4. The molecule has 0 aliphatic heterocycles. The topological polar surface area (TPSA) is 91.0 Å². The number of primary amides is 1. The molecule has 0 unspecified atom stereocenters. The van der Waals surface area contributed by atoms with E-state index in [0.717, 1.165) is 16.5 Å². The normalized spacial score (nSPS) is 10.6. The molecule has 2 N–H and O–H groups in total. The van der Waals surface area contributed by atoms with Crippen molar-refractivity contribution in [2.24, 2.45) is 5.73 Å². The molecule has 1 amide bonds. The fraction of sp³-hybridized carbons (Fsp3) is 0. The van der Waals surface area contributed by atoms with E-state index in [1.54, 1.807) is 36.7 Å². The number of carbonyl (C=O) groups excluding carboxylic acids is 1. The molecular weight excluding hydrogens is 328 g/mol. The zero-order valence-electron chi connectivity index (χ0n) is 13.7. The fourth-order valence-electron chi connectivity index (χ4n) is 2.55. The molecular formula is C20H14N4O2. The van der Waals surface area contributed by atoms with Crippen molar-refractivity contribution in [3.8, 4) is 23.0 Å². The summed E-state index contributed by atoms with van der Waals surface area (Å²) in [6.45, 7) is 0. The summed E-state index contributed by atoms with van der Waals surface area (Å²) in [5.41, 5.74) is 7.25. The van der Waals surface area contributed by atoms with Crippen molar-refractivity contribution in [3.63, 3.8) is 0 Å². The Hall–Kier alpha value is -3.80. The number of ether oxygens (including phenoxy) is 1. The Kier molecular flexibility index (Phi) is 3.99. The zero-order chi connectivity index (χ0) is 17.9. The van der Waals surface area contributed by atoms with Gasteiger partial charge in [-0.05, 0) is 48.5 Å². The second-order valence-corrected chi connectivity index (χ2v) is 5.60. The molecule has 6 heteroatoms. The van der Waals surface area contributed by atoms with Crippen molar-refractivity contribution < 1.29 is 9.53 Å². The van der Waals surface area contributed by atoms with Gasteiger partial charge in [0.05, 0.1) is 10.9 Å². The van der Waals surface area contributed by atoms with Crippen LogP contribution in [0, 0.1) is 0 Å². The van der Waals surface area contributed by atoms with Crippen LogP contribution in [0.4, 0.5) is 0 Å². The molecule has 0 bridgehead atoms. The molecule has 126 valence electrons. The van der Waals surface area contributed by atoms with E-state index in [4.69, 9.17) is 10.5 Å². The second-order valence-electron chi connectivity index (χ2n) is 5.60. The molecule has 4 rings (SSSR count). The quantitative estimate of drug-likeness (QED) is 0.612.